The second-order valence-corrected chi connectivity index (χ2v) is 2.40. The number of carbonyl (C=O) groups excluding carboxylic acids is 1. The Morgan fingerprint density at radius 2 is 2.29 bits per heavy atom. The lowest BCUT2D eigenvalue weighted by atomic mass is 10.2. The predicted molar refractivity (Wildman–Crippen MR) is 49.3 cm³/mol. The van der Waals surface area contributed by atoms with Gasteiger partial charge in [0.15, 0.2) is 0 Å². The van der Waals surface area contributed by atoms with E-state index >= 15 is 0 Å². The summed E-state index contributed by atoms with van der Waals surface area (Å²) in [5.74, 6) is 0.369. The molecule has 0 saturated carbocycles. The number of benzene rings is 1. The van der Waals surface area contributed by atoms with Gasteiger partial charge in [0.05, 0.1) is 18.1 Å². The summed E-state index contributed by atoms with van der Waals surface area (Å²) in [5.41, 5.74) is -0.0535. The fourth-order valence-electron chi connectivity index (χ4n) is 0.975. The number of methoxy groups -OCH3 is 1. The van der Waals surface area contributed by atoms with Crippen molar-refractivity contribution in [2.24, 2.45) is 0 Å². The van der Waals surface area contributed by atoms with Gasteiger partial charge in [0.1, 0.15) is 11.4 Å². The summed E-state index contributed by atoms with van der Waals surface area (Å²) in [6.07, 6.45) is 0.384. The third kappa shape index (κ3) is 1.98. The average Bonchev–Trinajstić information content (AvgIpc) is 2.18. The Labute approximate surface area is 79.6 Å². The van der Waals surface area contributed by atoms with Crippen molar-refractivity contribution in [3.05, 3.63) is 28.3 Å². The Balaban J connectivity index is 3.16. The Bertz CT molecular complexity index is 364. The molecular formula is C8H8N2O4. The van der Waals surface area contributed by atoms with Crippen LogP contribution in [0.15, 0.2) is 18.2 Å². The molecule has 0 saturated heterocycles. The molecule has 0 heterocycles. The zero-order valence-electron chi connectivity index (χ0n) is 7.39. The number of nitrogens with zero attached hydrogens (tertiary/aromatic N) is 1. The highest BCUT2D eigenvalue weighted by Crippen LogP contribution is 2.28. The first-order valence-corrected chi connectivity index (χ1v) is 3.71. The molecule has 1 amide bonds. The van der Waals surface area contributed by atoms with E-state index in [4.69, 9.17) is 4.74 Å². The van der Waals surface area contributed by atoms with E-state index in [9.17, 15) is 14.9 Å². The van der Waals surface area contributed by atoms with Gasteiger partial charge in [-0.1, -0.05) is 0 Å². The van der Waals surface area contributed by atoms with Crippen LogP contribution in [0.5, 0.6) is 5.75 Å². The SMILES string of the molecule is COc1ccc(NC=O)c([N+](=O)[O-])c1. The molecule has 0 unspecified atom stereocenters. The van der Waals surface area contributed by atoms with Crippen molar-refractivity contribution in [1.82, 2.24) is 0 Å². The first-order valence-electron chi connectivity index (χ1n) is 3.71. The summed E-state index contributed by atoms with van der Waals surface area (Å²) >= 11 is 0. The Hall–Kier alpha value is -2.11. The molecule has 0 fully saturated rings. The summed E-state index contributed by atoms with van der Waals surface area (Å²) in [6, 6.07) is 4.18. The fraction of sp³-hybridized carbons (Fsp3) is 0.125. The monoisotopic (exact) mass is 196 g/mol. The first kappa shape index (κ1) is 9.97. The van der Waals surface area contributed by atoms with Crippen LogP contribution in [0.25, 0.3) is 0 Å². The predicted octanol–water partition coefficient (Wildman–Crippen LogP) is 1.17. The number of nitro groups is 1. The number of amides is 1. The van der Waals surface area contributed by atoms with E-state index in [0.717, 1.165) is 0 Å². The van der Waals surface area contributed by atoms with Gasteiger partial charge in [0.25, 0.3) is 5.69 Å². The van der Waals surface area contributed by atoms with Crippen molar-refractivity contribution >= 4 is 17.8 Å². The van der Waals surface area contributed by atoms with Crippen molar-refractivity contribution in [2.75, 3.05) is 12.4 Å². The second kappa shape index (κ2) is 4.22. The molecular weight excluding hydrogens is 188 g/mol. The standard InChI is InChI=1S/C8H8N2O4/c1-14-6-2-3-7(9-5-11)8(4-6)10(12)13/h2-5H,1H3,(H,9,11). The van der Waals surface area contributed by atoms with Crippen LogP contribution in [0.4, 0.5) is 11.4 Å². The van der Waals surface area contributed by atoms with E-state index in [1.807, 2.05) is 0 Å². The molecule has 0 radical (unpaired) electrons. The van der Waals surface area contributed by atoms with Gasteiger partial charge < -0.3 is 10.1 Å². The lowest BCUT2D eigenvalue weighted by Gasteiger charge is -2.03. The van der Waals surface area contributed by atoms with Crippen molar-refractivity contribution in [3.63, 3.8) is 0 Å². The normalized spacial score (nSPS) is 9.21. The van der Waals surface area contributed by atoms with Gasteiger partial charge in [-0.2, -0.15) is 0 Å². The van der Waals surface area contributed by atoms with Gasteiger partial charge in [0.2, 0.25) is 6.41 Å². The lowest BCUT2D eigenvalue weighted by Crippen LogP contribution is -1.99. The number of nitro benzene ring substituents is 1. The Kier molecular flexibility index (Phi) is 3.01. The second-order valence-electron chi connectivity index (χ2n) is 2.40. The maximum Gasteiger partial charge on any atom is 0.296 e. The molecule has 0 aliphatic heterocycles. The van der Waals surface area contributed by atoms with E-state index in [1.165, 1.54) is 25.3 Å². The molecule has 6 heteroatoms. The van der Waals surface area contributed by atoms with Crippen molar-refractivity contribution in [3.8, 4) is 5.75 Å². The molecule has 0 bridgehead atoms. The molecule has 1 aromatic carbocycles. The zero-order chi connectivity index (χ0) is 10.6. The van der Waals surface area contributed by atoms with Gasteiger partial charge in [-0.15, -0.1) is 0 Å². The molecule has 0 spiro atoms. The number of anilines is 1. The molecule has 0 aliphatic rings. The minimum atomic E-state index is -0.589. The number of ether oxygens (including phenoxy) is 1. The van der Waals surface area contributed by atoms with Crippen molar-refractivity contribution in [2.45, 2.75) is 0 Å². The van der Waals surface area contributed by atoms with E-state index < -0.39 is 4.92 Å². The maximum absolute atomic E-state index is 10.6. The lowest BCUT2D eigenvalue weighted by molar-refractivity contribution is -0.384. The van der Waals surface area contributed by atoms with Gasteiger partial charge in [-0.3, -0.25) is 14.9 Å². The Morgan fingerprint density at radius 3 is 2.79 bits per heavy atom. The van der Waals surface area contributed by atoms with E-state index in [-0.39, 0.29) is 11.4 Å². The van der Waals surface area contributed by atoms with Crippen molar-refractivity contribution < 1.29 is 14.5 Å². The zero-order valence-corrected chi connectivity index (χ0v) is 7.39. The first-order chi connectivity index (χ1) is 6.69. The third-order valence-electron chi connectivity index (χ3n) is 1.62. The van der Waals surface area contributed by atoms with Crippen LogP contribution in [0, 0.1) is 10.1 Å². The van der Waals surface area contributed by atoms with Crippen LogP contribution in [-0.2, 0) is 4.79 Å². The number of nitrogens with one attached hydrogen (secondary N) is 1. The summed E-state index contributed by atoms with van der Waals surface area (Å²) in [4.78, 5) is 20.1. The van der Waals surface area contributed by atoms with Gasteiger partial charge in [-0.05, 0) is 12.1 Å². The highest BCUT2D eigenvalue weighted by atomic mass is 16.6. The fourth-order valence-corrected chi connectivity index (χ4v) is 0.975. The van der Waals surface area contributed by atoms with E-state index in [2.05, 4.69) is 5.32 Å². The molecule has 6 nitrogen and oxygen atoms in total. The molecule has 1 rings (SSSR count). The van der Waals surface area contributed by atoms with Gasteiger partial charge >= 0.3 is 0 Å². The van der Waals surface area contributed by atoms with Crippen LogP contribution < -0.4 is 10.1 Å². The van der Waals surface area contributed by atoms with Crippen LogP contribution in [0.3, 0.4) is 0 Å². The molecule has 0 aromatic heterocycles. The molecule has 14 heavy (non-hydrogen) atoms. The summed E-state index contributed by atoms with van der Waals surface area (Å²) < 4.78 is 4.82. The Morgan fingerprint density at radius 1 is 1.57 bits per heavy atom. The van der Waals surface area contributed by atoms with Gasteiger partial charge in [0, 0.05) is 0 Å². The van der Waals surface area contributed by atoms with Crippen molar-refractivity contribution in [1.29, 1.82) is 0 Å². The highest BCUT2D eigenvalue weighted by molar-refractivity contribution is 5.78. The summed E-state index contributed by atoms with van der Waals surface area (Å²) in [7, 11) is 1.41. The number of carbonyl (C=O) groups is 1. The van der Waals surface area contributed by atoms with Gasteiger partial charge in [-0.25, -0.2) is 0 Å². The quantitative estimate of drug-likeness (QED) is 0.445. The molecule has 0 aliphatic carbocycles. The minimum Gasteiger partial charge on any atom is -0.496 e. The summed E-state index contributed by atoms with van der Waals surface area (Å²) in [5, 5.41) is 12.8. The minimum absolute atomic E-state index is 0.144. The average molecular weight is 196 g/mol. The van der Waals surface area contributed by atoms with E-state index in [1.54, 1.807) is 0 Å². The molecule has 1 aromatic rings. The van der Waals surface area contributed by atoms with Crippen LogP contribution in [-0.4, -0.2) is 18.4 Å². The maximum atomic E-state index is 10.6. The molecule has 1 N–H and O–H groups in total. The summed E-state index contributed by atoms with van der Waals surface area (Å²) in [6.45, 7) is 0. The van der Waals surface area contributed by atoms with Crippen LogP contribution >= 0.6 is 0 Å². The highest BCUT2D eigenvalue weighted by Gasteiger charge is 2.14. The topological polar surface area (TPSA) is 81.5 Å². The molecule has 74 valence electrons. The number of rotatable bonds is 4. The smallest absolute Gasteiger partial charge is 0.296 e. The van der Waals surface area contributed by atoms with E-state index in [0.29, 0.717) is 12.2 Å². The number of hydrogen-bond acceptors (Lipinski definition) is 4. The molecule has 0 atom stereocenters. The largest absolute Gasteiger partial charge is 0.496 e. The van der Waals surface area contributed by atoms with Crippen LogP contribution in [0.2, 0.25) is 0 Å². The third-order valence-corrected chi connectivity index (χ3v) is 1.62. The number of hydrogen-bond donors (Lipinski definition) is 1. The van der Waals surface area contributed by atoms with Crippen LogP contribution in [0.1, 0.15) is 0 Å².